The standard InChI is InChI=1S/C8H5F3O/c9-6-1-2-7(8(10)11)5(3-6)4-12/h1-4,8H. The second kappa shape index (κ2) is 3.38. The molecule has 0 radical (unpaired) electrons. The molecule has 0 aliphatic carbocycles. The van der Waals surface area contributed by atoms with Crippen molar-refractivity contribution in [1.82, 2.24) is 0 Å². The Labute approximate surface area is 66.8 Å². The van der Waals surface area contributed by atoms with E-state index in [1.165, 1.54) is 0 Å². The molecule has 12 heavy (non-hydrogen) atoms. The van der Waals surface area contributed by atoms with Crippen molar-refractivity contribution in [2.24, 2.45) is 0 Å². The quantitative estimate of drug-likeness (QED) is 0.629. The van der Waals surface area contributed by atoms with Gasteiger partial charge < -0.3 is 0 Å². The lowest BCUT2D eigenvalue weighted by Gasteiger charge is -2.01. The Morgan fingerprint density at radius 1 is 1.33 bits per heavy atom. The summed E-state index contributed by atoms with van der Waals surface area (Å²) in [5.41, 5.74) is -0.739. The molecule has 1 aromatic rings. The van der Waals surface area contributed by atoms with Gasteiger partial charge in [-0.25, -0.2) is 13.2 Å². The van der Waals surface area contributed by atoms with Crippen LogP contribution in [0.25, 0.3) is 0 Å². The van der Waals surface area contributed by atoms with Crippen molar-refractivity contribution < 1.29 is 18.0 Å². The zero-order chi connectivity index (χ0) is 9.14. The van der Waals surface area contributed by atoms with Gasteiger partial charge in [0.15, 0.2) is 6.29 Å². The zero-order valence-electron chi connectivity index (χ0n) is 5.93. The van der Waals surface area contributed by atoms with Gasteiger partial charge in [0, 0.05) is 11.1 Å². The molecule has 0 aromatic heterocycles. The van der Waals surface area contributed by atoms with E-state index in [4.69, 9.17) is 0 Å². The Morgan fingerprint density at radius 3 is 2.50 bits per heavy atom. The summed E-state index contributed by atoms with van der Waals surface area (Å²) in [6.07, 6.45) is -2.53. The van der Waals surface area contributed by atoms with Crippen LogP contribution < -0.4 is 0 Å². The highest BCUT2D eigenvalue weighted by molar-refractivity contribution is 5.77. The van der Waals surface area contributed by atoms with Gasteiger partial charge in [0.2, 0.25) is 0 Å². The summed E-state index contributed by atoms with van der Waals surface area (Å²) >= 11 is 0. The van der Waals surface area contributed by atoms with Crippen LogP contribution in [0.3, 0.4) is 0 Å². The second-order valence-corrected chi connectivity index (χ2v) is 2.19. The predicted octanol–water partition coefficient (Wildman–Crippen LogP) is 2.58. The van der Waals surface area contributed by atoms with E-state index in [1.54, 1.807) is 0 Å². The van der Waals surface area contributed by atoms with Gasteiger partial charge in [-0.1, -0.05) is 0 Å². The SMILES string of the molecule is O=Cc1cc(F)ccc1C(F)F. The van der Waals surface area contributed by atoms with E-state index in [0.29, 0.717) is 0 Å². The Bertz CT molecular complexity index is 296. The highest BCUT2D eigenvalue weighted by Crippen LogP contribution is 2.22. The number of benzene rings is 1. The van der Waals surface area contributed by atoms with Crippen LogP contribution in [0.5, 0.6) is 0 Å². The van der Waals surface area contributed by atoms with E-state index < -0.39 is 17.8 Å². The third-order valence-electron chi connectivity index (χ3n) is 1.41. The fourth-order valence-corrected chi connectivity index (χ4v) is 0.846. The summed E-state index contributed by atoms with van der Waals surface area (Å²) in [7, 11) is 0. The third-order valence-corrected chi connectivity index (χ3v) is 1.41. The van der Waals surface area contributed by atoms with Gasteiger partial charge in [0.25, 0.3) is 6.43 Å². The van der Waals surface area contributed by atoms with Crippen molar-refractivity contribution in [1.29, 1.82) is 0 Å². The number of halogens is 3. The summed E-state index contributed by atoms with van der Waals surface area (Å²) in [5.74, 6) is -0.693. The molecular formula is C8H5F3O. The van der Waals surface area contributed by atoms with Crippen LogP contribution in [0, 0.1) is 5.82 Å². The normalized spacial score (nSPS) is 10.3. The number of carbonyl (C=O) groups excluding carboxylic acids is 1. The summed E-state index contributed by atoms with van der Waals surface area (Å²) in [5, 5.41) is 0. The van der Waals surface area contributed by atoms with Gasteiger partial charge in [0.05, 0.1) is 0 Å². The average Bonchev–Trinajstić information content (AvgIpc) is 2.03. The number of aldehydes is 1. The molecule has 0 amide bonds. The summed E-state index contributed by atoms with van der Waals surface area (Å²) < 4.78 is 36.5. The minimum atomic E-state index is -2.74. The van der Waals surface area contributed by atoms with E-state index in [1.807, 2.05) is 0 Å². The summed E-state index contributed by atoms with van der Waals surface area (Å²) in [6.45, 7) is 0. The summed E-state index contributed by atoms with van der Waals surface area (Å²) in [6, 6.07) is 2.59. The van der Waals surface area contributed by atoms with Gasteiger partial charge in [-0.3, -0.25) is 4.79 Å². The molecule has 4 heteroatoms. The smallest absolute Gasteiger partial charge is 0.264 e. The first-order valence-corrected chi connectivity index (χ1v) is 3.18. The minimum Gasteiger partial charge on any atom is -0.298 e. The van der Waals surface area contributed by atoms with Crippen molar-refractivity contribution in [3.05, 3.63) is 35.1 Å². The fraction of sp³-hybridized carbons (Fsp3) is 0.125. The zero-order valence-corrected chi connectivity index (χ0v) is 5.93. The monoisotopic (exact) mass is 174 g/mol. The van der Waals surface area contributed by atoms with Crippen molar-refractivity contribution in [2.45, 2.75) is 6.43 Å². The number of hydrogen-bond acceptors (Lipinski definition) is 1. The molecule has 0 unspecified atom stereocenters. The second-order valence-electron chi connectivity index (χ2n) is 2.19. The van der Waals surface area contributed by atoms with Crippen LogP contribution in [0.1, 0.15) is 22.3 Å². The highest BCUT2D eigenvalue weighted by Gasteiger charge is 2.12. The van der Waals surface area contributed by atoms with Crippen molar-refractivity contribution >= 4 is 6.29 Å². The minimum absolute atomic E-state index is 0.213. The molecule has 0 N–H and O–H groups in total. The number of carbonyl (C=O) groups is 1. The van der Waals surface area contributed by atoms with E-state index in [-0.39, 0.29) is 11.8 Å². The Balaban J connectivity index is 3.20. The topological polar surface area (TPSA) is 17.1 Å². The lowest BCUT2D eigenvalue weighted by atomic mass is 10.1. The molecule has 1 aromatic carbocycles. The van der Waals surface area contributed by atoms with E-state index in [2.05, 4.69) is 0 Å². The molecular weight excluding hydrogens is 169 g/mol. The number of hydrogen-bond donors (Lipinski definition) is 0. The molecule has 0 spiro atoms. The van der Waals surface area contributed by atoms with Crippen LogP contribution in [0.4, 0.5) is 13.2 Å². The Hall–Kier alpha value is -1.32. The fourth-order valence-electron chi connectivity index (χ4n) is 0.846. The predicted molar refractivity (Wildman–Crippen MR) is 36.7 cm³/mol. The van der Waals surface area contributed by atoms with Crippen LogP contribution in [-0.2, 0) is 0 Å². The first-order valence-electron chi connectivity index (χ1n) is 3.18. The Morgan fingerprint density at radius 2 is 2.00 bits per heavy atom. The first-order chi connectivity index (χ1) is 5.65. The molecule has 0 saturated carbocycles. The van der Waals surface area contributed by atoms with Gasteiger partial charge >= 0.3 is 0 Å². The molecule has 64 valence electrons. The third kappa shape index (κ3) is 1.64. The average molecular weight is 174 g/mol. The molecule has 0 saturated heterocycles. The Kier molecular flexibility index (Phi) is 2.47. The molecule has 0 aliphatic heterocycles. The lowest BCUT2D eigenvalue weighted by molar-refractivity contribution is 0.110. The molecule has 0 bridgehead atoms. The van der Waals surface area contributed by atoms with Crippen molar-refractivity contribution in [3.8, 4) is 0 Å². The summed E-state index contributed by atoms with van der Waals surface area (Å²) in [4.78, 5) is 10.2. The maximum absolute atomic E-state index is 12.4. The largest absolute Gasteiger partial charge is 0.298 e. The van der Waals surface area contributed by atoms with Crippen LogP contribution in [0.15, 0.2) is 18.2 Å². The van der Waals surface area contributed by atoms with Crippen LogP contribution in [-0.4, -0.2) is 6.29 Å². The first kappa shape index (κ1) is 8.77. The van der Waals surface area contributed by atoms with Crippen molar-refractivity contribution in [3.63, 3.8) is 0 Å². The molecule has 0 fully saturated rings. The number of rotatable bonds is 2. The molecule has 1 nitrogen and oxygen atoms in total. The van der Waals surface area contributed by atoms with E-state index in [9.17, 15) is 18.0 Å². The number of alkyl halides is 2. The maximum atomic E-state index is 12.4. The van der Waals surface area contributed by atoms with Gasteiger partial charge in [0.1, 0.15) is 5.82 Å². The molecule has 1 rings (SSSR count). The molecule has 0 heterocycles. The molecule has 0 aliphatic rings. The van der Waals surface area contributed by atoms with E-state index in [0.717, 1.165) is 18.2 Å². The van der Waals surface area contributed by atoms with Crippen molar-refractivity contribution in [2.75, 3.05) is 0 Å². The van der Waals surface area contributed by atoms with Crippen LogP contribution >= 0.6 is 0 Å². The van der Waals surface area contributed by atoms with Gasteiger partial charge in [-0.05, 0) is 18.2 Å². The highest BCUT2D eigenvalue weighted by atomic mass is 19.3. The lowest BCUT2D eigenvalue weighted by Crippen LogP contribution is -1.93. The van der Waals surface area contributed by atoms with Crippen LogP contribution in [0.2, 0.25) is 0 Å². The van der Waals surface area contributed by atoms with Gasteiger partial charge in [-0.2, -0.15) is 0 Å². The van der Waals surface area contributed by atoms with E-state index >= 15 is 0 Å². The maximum Gasteiger partial charge on any atom is 0.264 e. The van der Waals surface area contributed by atoms with Gasteiger partial charge in [-0.15, -0.1) is 0 Å². The molecule has 0 atom stereocenters.